The molecule has 0 radical (unpaired) electrons. The van der Waals surface area contributed by atoms with Gasteiger partial charge in [0.05, 0.1) is 0 Å². The fraction of sp³-hybridized carbons (Fsp3) is 0.833. The van der Waals surface area contributed by atoms with Crippen LogP contribution >= 0.6 is 0 Å². The zero-order chi connectivity index (χ0) is 17.3. The number of hydrogen-bond acceptors (Lipinski definition) is 5. The summed E-state index contributed by atoms with van der Waals surface area (Å²) in [4.78, 5) is 11.2. The summed E-state index contributed by atoms with van der Waals surface area (Å²) in [5.41, 5.74) is 0.804. The van der Waals surface area contributed by atoms with Crippen molar-refractivity contribution < 1.29 is 23.7 Å². The van der Waals surface area contributed by atoms with Crippen LogP contribution in [0.2, 0.25) is 0 Å². The Labute approximate surface area is 141 Å². The number of ether oxygens (including phenoxy) is 4. The Bertz CT molecular complexity index is 292. The van der Waals surface area contributed by atoms with E-state index in [-0.39, 0.29) is 12.6 Å². The number of aldehydes is 1. The third kappa shape index (κ3) is 12.4. The Hall–Kier alpha value is -0.750. The molecule has 0 N–H and O–H groups in total. The topological polar surface area (TPSA) is 54.0 Å². The van der Waals surface area contributed by atoms with Gasteiger partial charge in [0.2, 0.25) is 0 Å². The average Bonchev–Trinajstić information content (AvgIpc) is 2.54. The lowest BCUT2D eigenvalue weighted by Gasteiger charge is -2.17. The summed E-state index contributed by atoms with van der Waals surface area (Å²) in [6, 6.07) is 0. The molecule has 0 aliphatic rings. The van der Waals surface area contributed by atoms with Gasteiger partial charge in [0.1, 0.15) is 6.29 Å². The normalized spacial score (nSPS) is 12.3. The standard InChI is InChI=1S/C18H34O5/c1-5-20-17(21-6-2)12-10-9-11-16(15-19)13-14-18(22-7-3)23-8-4/h11,15,17-18H,5-10,12-14H2,1-4H3/b16-11+. The van der Waals surface area contributed by atoms with E-state index in [4.69, 9.17) is 18.9 Å². The summed E-state index contributed by atoms with van der Waals surface area (Å²) >= 11 is 0. The van der Waals surface area contributed by atoms with Gasteiger partial charge in [-0.3, -0.25) is 4.79 Å². The first kappa shape index (κ1) is 22.2. The van der Waals surface area contributed by atoms with Gasteiger partial charge in [-0.25, -0.2) is 0 Å². The Morgan fingerprint density at radius 3 is 1.74 bits per heavy atom. The molecule has 0 spiro atoms. The molecule has 0 saturated heterocycles. The highest BCUT2D eigenvalue weighted by molar-refractivity contribution is 5.72. The Morgan fingerprint density at radius 2 is 1.30 bits per heavy atom. The number of allylic oxidation sites excluding steroid dienone is 2. The van der Waals surface area contributed by atoms with Crippen molar-refractivity contribution >= 4 is 6.29 Å². The highest BCUT2D eigenvalue weighted by Gasteiger charge is 2.09. The van der Waals surface area contributed by atoms with Crippen molar-refractivity contribution in [2.24, 2.45) is 0 Å². The van der Waals surface area contributed by atoms with Crippen LogP contribution in [0.4, 0.5) is 0 Å². The molecule has 0 amide bonds. The van der Waals surface area contributed by atoms with Gasteiger partial charge in [-0.05, 0) is 59.0 Å². The first-order valence-electron chi connectivity index (χ1n) is 8.82. The minimum absolute atomic E-state index is 0.140. The predicted molar refractivity (Wildman–Crippen MR) is 91.3 cm³/mol. The minimum Gasteiger partial charge on any atom is -0.353 e. The molecule has 5 heteroatoms. The van der Waals surface area contributed by atoms with Crippen LogP contribution in [-0.4, -0.2) is 45.3 Å². The zero-order valence-electron chi connectivity index (χ0n) is 15.2. The van der Waals surface area contributed by atoms with E-state index in [9.17, 15) is 4.79 Å². The molecule has 0 aromatic heterocycles. The summed E-state index contributed by atoms with van der Waals surface area (Å²) in [6.07, 6.45) is 6.55. The number of carbonyl (C=O) groups excluding carboxylic acids is 1. The molecule has 5 nitrogen and oxygen atoms in total. The zero-order valence-corrected chi connectivity index (χ0v) is 15.2. The maximum atomic E-state index is 11.2. The first-order chi connectivity index (χ1) is 11.2. The van der Waals surface area contributed by atoms with Crippen LogP contribution in [0.5, 0.6) is 0 Å². The highest BCUT2D eigenvalue weighted by Crippen LogP contribution is 2.13. The molecule has 0 rings (SSSR count). The lowest BCUT2D eigenvalue weighted by molar-refractivity contribution is -0.139. The van der Waals surface area contributed by atoms with Gasteiger partial charge in [0.25, 0.3) is 0 Å². The fourth-order valence-corrected chi connectivity index (χ4v) is 2.24. The molecule has 0 saturated carbocycles. The second-order valence-electron chi connectivity index (χ2n) is 5.05. The molecule has 0 heterocycles. The number of hydrogen-bond donors (Lipinski definition) is 0. The summed E-state index contributed by atoms with van der Waals surface area (Å²) in [5.74, 6) is 0. The number of carbonyl (C=O) groups is 1. The van der Waals surface area contributed by atoms with Gasteiger partial charge in [-0.2, -0.15) is 0 Å². The summed E-state index contributed by atoms with van der Waals surface area (Å²) in [6.45, 7) is 10.3. The van der Waals surface area contributed by atoms with E-state index >= 15 is 0 Å². The number of unbranched alkanes of at least 4 members (excludes halogenated alkanes) is 1. The molecular weight excluding hydrogens is 296 g/mol. The second-order valence-corrected chi connectivity index (χ2v) is 5.05. The van der Waals surface area contributed by atoms with Crippen LogP contribution < -0.4 is 0 Å². The van der Waals surface area contributed by atoms with Gasteiger partial charge >= 0.3 is 0 Å². The monoisotopic (exact) mass is 330 g/mol. The van der Waals surface area contributed by atoms with Crippen LogP contribution in [0.15, 0.2) is 11.6 Å². The van der Waals surface area contributed by atoms with Crippen molar-refractivity contribution in [2.45, 2.75) is 72.4 Å². The van der Waals surface area contributed by atoms with Crippen LogP contribution in [-0.2, 0) is 23.7 Å². The second kappa shape index (κ2) is 16.1. The maximum absolute atomic E-state index is 11.2. The minimum atomic E-state index is -0.228. The third-order valence-corrected chi connectivity index (χ3v) is 3.28. The lowest BCUT2D eigenvalue weighted by atomic mass is 10.1. The lowest BCUT2D eigenvalue weighted by Crippen LogP contribution is -2.17. The Balaban J connectivity index is 4.13. The van der Waals surface area contributed by atoms with Crippen LogP contribution in [0.3, 0.4) is 0 Å². The van der Waals surface area contributed by atoms with E-state index in [1.165, 1.54) is 0 Å². The molecule has 0 atom stereocenters. The van der Waals surface area contributed by atoms with Gasteiger partial charge < -0.3 is 18.9 Å². The molecule has 0 aliphatic carbocycles. The van der Waals surface area contributed by atoms with E-state index in [0.29, 0.717) is 39.3 Å². The highest BCUT2D eigenvalue weighted by atomic mass is 16.7. The van der Waals surface area contributed by atoms with Crippen LogP contribution in [0.1, 0.15) is 59.8 Å². The largest absolute Gasteiger partial charge is 0.353 e. The fourth-order valence-electron chi connectivity index (χ4n) is 2.24. The molecule has 0 bridgehead atoms. The van der Waals surface area contributed by atoms with Crippen LogP contribution in [0.25, 0.3) is 0 Å². The van der Waals surface area contributed by atoms with Gasteiger partial charge in [0.15, 0.2) is 12.6 Å². The number of rotatable bonds is 16. The van der Waals surface area contributed by atoms with Crippen molar-refractivity contribution in [2.75, 3.05) is 26.4 Å². The molecule has 0 aromatic rings. The van der Waals surface area contributed by atoms with Gasteiger partial charge in [-0.1, -0.05) is 6.08 Å². The van der Waals surface area contributed by atoms with Gasteiger partial charge in [-0.15, -0.1) is 0 Å². The molecular formula is C18H34O5. The maximum Gasteiger partial charge on any atom is 0.157 e. The third-order valence-electron chi connectivity index (χ3n) is 3.28. The molecule has 0 aliphatic heterocycles. The van der Waals surface area contributed by atoms with Crippen LogP contribution in [0, 0.1) is 0 Å². The van der Waals surface area contributed by atoms with Crippen molar-refractivity contribution in [3.05, 3.63) is 11.6 Å². The van der Waals surface area contributed by atoms with E-state index in [0.717, 1.165) is 31.1 Å². The van der Waals surface area contributed by atoms with E-state index in [1.807, 2.05) is 33.8 Å². The Kier molecular flexibility index (Phi) is 15.6. The predicted octanol–water partition coefficient (Wildman–Crippen LogP) is 3.86. The van der Waals surface area contributed by atoms with Gasteiger partial charge in [0, 0.05) is 32.8 Å². The molecule has 0 unspecified atom stereocenters. The first-order valence-corrected chi connectivity index (χ1v) is 8.82. The van der Waals surface area contributed by atoms with Crippen molar-refractivity contribution in [3.8, 4) is 0 Å². The smallest absolute Gasteiger partial charge is 0.157 e. The average molecular weight is 330 g/mol. The quantitative estimate of drug-likeness (QED) is 0.186. The summed E-state index contributed by atoms with van der Waals surface area (Å²) < 4.78 is 22.0. The molecule has 0 fully saturated rings. The van der Waals surface area contributed by atoms with Crippen molar-refractivity contribution in [3.63, 3.8) is 0 Å². The van der Waals surface area contributed by atoms with E-state index < -0.39 is 0 Å². The molecule has 23 heavy (non-hydrogen) atoms. The van der Waals surface area contributed by atoms with Crippen molar-refractivity contribution in [1.29, 1.82) is 0 Å². The SMILES string of the molecule is CCOC(CCC/C=C(/C=O)CCC(OCC)OCC)OCC. The Morgan fingerprint density at radius 1 is 0.826 bits per heavy atom. The van der Waals surface area contributed by atoms with Crippen molar-refractivity contribution in [1.82, 2.24) is 0 Å². The summed E-state index contributed by atoms with van der Waals surface area (Å²) in [7, 11) is 0. The summed E-state index contributed by atoms with van der Waals surface area (Å²) in [5, 5.41) is 0. The van der Waals surface area contributed by atoms with E-state index in [2.05, 4.69) is 0 Å². The molecule has 136 valence electrons. The molecule has 0 aromatic carbocycles. The van der Waals surface area contributed by atoms with E-state index in [1.54, 1.807) is 0 Å².